The van der Waals surface area contributed by atoms with Gasteiger partial charge in [0.05, 0.1) is 12.7 Å². The van der Waals surface area contributed by atoms with Crippen LogP contribution >= 0.6 is 0 Å². The third-order valence-electron chi connectivity index (χ3n) is 4.94. The topological polar surface area (TPSA) is 67.2 Å². The molecule has 1 aliphatic heterocycles. The van der Waals surface area contributed by atoms with E-state index in [1.807, 2.05) is 24.3 Å². The number of carbonyl (C=O) groups excluding carboxylic acids is 2. The zero-order valence-electron chi connectivity index (χ0n) is 15.2. The van der Waals surface area contributed by atoms with Crippen LogP contribution in [-0.2, 0) is 4.79 Å². The van der Waals surface area contributed by atoms with Gasteiger partial charge in [-0.2, -0.15) is 0 Å². The molecule has 7 heteroatoms. The molecule has 0 N–H and O–H groups in total. The van der Waals surface area contributed by atoms with Gasteiger partial charge in [0.1, 0.15) is 17.4 Å². The van der Waals surface area contributed by atoms with Crippen LogP contribution in [0.2, 0.25) is 0 Å². The van der Waals surface area contributed by atoms with Crippen LogP contribution in [0, 0.1) is 0 Å². The van der Waals surface area contributed by atoms with Gasteiger partial charge >= 0.3 is 0 Å². The third kappa shape index (κ3) is 3.01. The van der Waals surface area contributed by atoms with Crippen molar-refractivity contribution in [2.24, 2.45) is 0 Å². The van der Waals surface area contributed by atoms with E-state index in [0.717, 1.165) is 17.1 Å². The first-order valence-electron chi connectivity index (χ1n) is 8.77. The fourth-order valence-electron chi connectivity index (χ4n) is 3.38. The van der Waals surface area contributed by atoms with Crippen molar-refractivity contribution in [2.75, 3.05) is 25.1 Å². The number of imidazole rings is 1. The standard InChI is InChI=1S/C20H20N4O3/c1-14-19(25)24(16-4-6-17(27-2)7-5-16)12-11-23(14)20(26)15-3-8-18-21-9-10-22(18)13-15/h3-10,13-14H,11-12H2,1-2H3. The average molecular weight is 364 g/mol. The molecule has 3 heterocycles. The molecule has 4 rings (SSSR count). The summed E-state index contributed by atoms with van der Waals surface area (Å²) in [6.07, 6.45) is 5.23. The van der Waals surface area contributed by atoms with E-state index in [9.17, 15) is 9.59 Å². The van der Waals surface area contributed by atoms with Gasteiger partial charge in [0.2, 0.25) is 5.91 Å². The minimum atomic E-state index is -0.535. The van der Waals surface area contributed by atoms with Crippen molar-refractivity contribution in [3.8, 4) is 5.75 Å². The molecule has 1 saturated heterocycles. The summed E-state index contributed by atoms with van der Waals surface area (Å²) in [6.45, 7) is 2.69. The Morgan fingerprint density at radius 1 is 1.15 bits per heavy atom. The predicted octanol–water partition coefficient (Wildman–Crippen LogP) is 2.22. The van der Waals surface area contributed by atoms with Gasteiger partial charge in [-0.3, -0.25) is 9.59 Å². The maximum absolute atomic E-state index is 13.0. The summed E-state index contributed by atoms with van der Waals surface area (Å²) >= 11 is 0. The second-order valence-corrected chi connectivity index (χ2v) is 6.47. The lowest BCUT2D eigenvalue weighted by Crippen LogP contribution is -2.57. The number of pyridine rings is 1. The van der Waals surface area contributed by atoms with E-state index in [2.05, 4.69) is 4.98 Å². The zero-order valence-corrected chi connectivity index (χ0v) is 15.2. The Kier molecular flexibility index (Phi) is 4.27. The van der Waals surface area contributed by atoms with Gasteiger partial charge in [-0.1, -0.05) is 0 Å². The van der Waals surface area contributed by atoms with Crippen molar-refractivity contribution in [2.45, 2.75) is 13.0 Å². The minimum Gasteiger partial charge on any atom is -0.497 e. The SMILES string of the molecule is COc1ccc(N2CCN(C(=O)c3ccc4nccn4c3)C(C)C2=O)cc1. The third-order valence-corrected chi connectivity index (χ3v) is 4.94. The predicted molar refractivity (Wildman–Crippen MR) is 101 cm³/mol. The number of piperazine rings is 1. The molecule has 3 aromatic rings. The zero-order chi connectivity index (χ0) is 19.0. The Morgan fingerprint density at radius 2 is 1.93 bits per heavy atom. The molecule has 0 saturated carbocycles. The molecule has 2 amide bonds. The van der Waals surface area contributed by atoms with E-state index in [0.29, 0.717) is 18.7 Å². The summed E-state index contributed by atoms with van der Waals surface area (Å²) in [5, 5.41) is 0. The van der Waals surface area contributed by atoms with E-state index in [1.54, 1.807) is 59.0 Å². The molecule has 0 aliphatic carbocycles. The van der Waals surface area contributed by atoms with E-state index in [1.165, 1.54) is 0 Å². The van der Waals surface area contributed by atoms with Crippen molar-refractivity contribution in [3.05, 3.63) is 60.6 Å². The quantitative estimate of drug-likeness (QED) is 0.715. The van der Waals surface area contributed by atoms with Crippen molar-refractivity contribution in [3.63, 3.8) is 0 Å². The number of anilines is 1. The fourth-order valence-corrected chi connectivity index (χ4v) is 3.38. The lowest BCUT2D eigenvalue weighted by Gasteiger charge is -2.39. The molecular weight excluding hydrogens is 344 g/mol. The highest BCUT2D eigenvalue weighted by Crippen LogP contribution is 2.24. The second-order valence-electron chi connectivity index (χ2n) is 6.47. The lowest BCUT2D eigenvalue weighted by molar-refractivity contribution is -0.124. The van der Waals surface area contributed by atoms with E-state index in [-0.39, 0.29) is 11.8 Å². The summed E-state index contributed by atoms with van der Waals surface area (Å²) in [5.41, 5.74) is 2.12. The summed E-state index contributed by atoms with van der Waals surface area (Å²) in [4.78, 5) is 33.4. The molecule has 1 fully saturated rings. The molecule has 27 heavy (non-hydrogen) atoms. The highest BCUT2D eigenvalue weighted by atomic mass is 16.5. The molecule has 1 aromatic carbocycles. The molecule has 1 aliphatic rings. The first-order valence-corrected chi connectivity index (χ1v) is 8.77. The maximum atomic E-state index is 13.0. The van der Waals surface area contributed by atoms with E-state index >= 15 is 0 Å². The number of rotatable bonds is 3. The Balaban J connectivity index is 1.54. The molecule has 0 spiro atoms. The summed E-state index contributed by atoms with van der Waals surface area (Å²) in [5.74, 6) is 0.493. The van der Waals surface area contributed by atoms with Crippen LogP contribution < -0.4 is 9.64 Å². The molecule has 7 nitrogen and oxygen atoms in total. The highest BCUT2D eigenvalue weighted by molar-refractivity contribution is 6.03. The first-order chi connectivity index (χ1) is 13.1. The Morgan fingerprint density at radius 3 is 2.67 bits per heavy atom. The number of methoxy groups -OCH3 is 1. The van der Waals surface area contributed by atoms with Gasteiger partial charge in [0, 0.05) is 37.4 Å². The van der Waals surface area contributed by atoms with Crippen LogP contribution in [0.1, 0.15) is 17.3 Å². The molecule has 0 bridgehead atoms. The van der Waals surface area contributed by atoms with Gasteiger partial charge in [-0.05, 0) is 43.3 Å². The lowest BCUT2D eigenvalue weighted by atomic mass is 10.1. The van der Waals surface area contributed by atoms with E-state index in [4.69, 9.17) is 4.74 Å². The summed E-state index contributed by atoms with van der Waals surface area (Å²) in [7, 11) is 1.60. The van der Waals surface area contributed by atoms with Gasteiger partial charge in [-0.15, -0.1) is 0 Å². The number of benzene rings is 1. The Labute approximate surface area is 156 Å². The van der Waals surface area contributed by atoms with Crippen LogP contribution in [0.25, 0.3) is 5.65 Å². The molecule has 1 atom stereocenters. The monoisotopic (exact) mass is 364 g/mol. The van der Waals surface area contributed by atoms with Gasteiger partial charge in [0.15, 0.2) is 0 Å². The summed E-state index contributed by atoms with van der Waals surface area (Å²) in [6, 6.07) is 10.4. The Hall–Kier alpha value is -3.35. The smallest absolute Gasteiger partial charge is 0.256 e. The van der Waals surface area contributed by atoms with Crippen LogP contribution in [0.3, 0.4) is 0 Å². The largest absolute Gasteiger partial charge is 0.497 e. The van der Waals surface area contributed by atoms with Gasteiger partial charge in [0.25, 0.3) is 5.91 Å². The van der Waals surface area contributed by atoms with Gasteiger partial charge in [-0.25, -0.2) is 4.98 Å². The number of carbonyl (C=O) groups is 2. The highest BCUT2D eigenvalue weighted by Gasteiger charge is 2.35. The number of aromatic nitrogens is 2. The molecule has 0 radical (unpaired) electrons. The normalized spacial score (nSPS) is 17.4. The number of hydrogen-bond donors (Lipinski definition) is 0. The fraction of sp³-hybridized carbons (Fsp3) is 0.250. The molecule has 1 unspecified atom stereocenters. The number of hydrogen-bond acceptors (Lipinski definition) is 4. The number of ether oxygens (including phenoxy) is 1. The van der Waals surface area contributed by atoms with Crippen LogP contribution in [-0.4, -0.2) is 52.3 Å². The molecule has 2 aromatic heterocycles. The first kappa shape index (κ1) is 17.1. The van der Waals surface area contributed by atoms with Crippen LogP contribution in [0.4, 0.5) is 5.69 Å². The van der Waals surface area contributed by atoms with E-state index < -0.39 is 6.04 Å². The Bertz CT molecular complexity index is 996. The number of fused-ring (bicyclic) bond motifs is 1. The second kappa shape index (κ2) is 6.75. The van der Waals surface area contributed by atoms with Crippen LogP contribution in [0.5, 0.6) is 5.75 Å². The van der Waals surface area contributed by atoms with Crippen LogP contribution in [0.15, 0.2) is 55.0 Å². The minimum absolute atomic E-state index is 0.0940. The average Bonchev–Trinajstić information content (AvgIpc) is 3.17. The number of nitrogens with zero attached hydrogens (tertiary/aromatic N) is 4. The van der Waals surface area contributed by atoms with Gasteiger partial charge < -0.3 is 18.9 Å². The molecule has 138 valence electrons. The summed E-state index contributed by atoms with van der Waals surface area (Å²) < 4.78 is 6.96. The number of amides is 2. The van der Waals surface area contributed by atoms with Crippen molar-refractivity contribution in [1.82, 2.24) is 14.3 Å². The molecular formula is C20H20N4O3. The maximum Gasteiger partial charge on any atom is 0.256 e. The van der Waals surface area contributed by atoms with Crippen molar-refractivity contribution in [1.29, 1.82) is 0 Å². The van der Waals surface area contributed by atoms with Crippen molar-refractivity contribution >= 4 is 23.1 Å². The van der Waals surface area contributed by atoms with Crippen molar-refractivity contribution < 1.29 is 14.3 Å².